The van der Waals surface area contributed by atoms with Crippen molar-refractivity contribution in [3.8, 4) is 0 Å². The fourth-order valence-electron chi connectivity index (χ4n) is 2.32. The smallest absolute Gasteiger partial charge is 0.322 e. The van der Waals surface area contributed by atoms with E-state index in [1.807, 2.05) is 46.8 Å². The number of carbonyl (C=O) groups is 2. The van der Waals surface area contributed by atoms with Gasteiger partial charge in [-0.2, -0.15) is 0 Å². The van der Waals surface area contributed by atoms with Gasteiger partial charge in [-0.15, -0.1) is 11.3 Å². The number of carbonyl (C=O) groups excluding carboxylic acids is 2. The third-order valence-corrected chi connectivity index (χ3v) is 5.06. The highest BCUT2D eigenvalue weighted by atomic mass is 35.5. The van der Waals surface area contributed by atoms with E-state index in [4.69, 9.17) is 11.6 Å². The number of urea groups is 1. The van der Waals surface area contributed by atoms with Gasteiger partial charge in [0.25, 0.3) is 5.91 Å². The highest BCUT2D eigenvalue weighted by Gasteiger charge is 2.20. The van der Waals surface area contributed by atoms with Crippen molar-refractivity contribution in [1.82, 2.24) is 15.2 Å². The monoisotopic (exact) mass is 408 g/mol. The Morgan fingerprint density at radius 1 is 1.26 bits per heavy atom. The molecule has 0 radical (unpaired) electrons. The van der Waals surface area contributed by atoms with Gasteiger partial charge in [-0.1, -0.05) is 17.7 Å². The lowest BCUT2D eigenvalue weighted by Crippen LogP contribution is -2.39. The molecule has 3 amide bonds. The number of thiazole rings is 1. The molecule has 0 aliphatic carbocycles. The Kier molecular flexibility index (Phi) is 7.21. The predicted octanol–water partition coefficient (Wildman–Crippen LogP) is 4.69. The Bertz CT molecular complexity index is 820. The second-order valence-corrected chi connectivity index (χ2v) is 8.22. The minimum absolute atomic E-state index is 0.0391. The first-order chi connectivity index (χ1) is 12.7. The number of benzene rings is 1. The summed E-state index contributed by atoms with van der Waals surface area (Å²) in [7, 11) is 0. The van der Waals surface area contributed by atoms with Crippen molar-refractivity contribution in [2.24, 2.45) is 0 Å². The Labute approximate surface area is 168 Å². The summed E-state index contributed by atoms with van der Waals surface area (Å²) in [5.41, 5.74) is 1.96. The average Bonchev–Trinajstić information content (AvgIpc) is 3.04. The van der Waals surface area contributed by atoms with Gasteiger partial charge in [0.15, 0.2) is 0 Å². The lowest BCUT2D eigenvalue weighted by atomic mass is 10.2. The van der Waals surface area contributed by atoms with Gasteiger partial charge in [-0.05, 0) is 52.3 Å². The first kappa shape index (κ1) is 21.2. The van der Waals surface area contributed by atoms with Gasteiger partial charge >= 0.3 is 6.03 Å². The summed E-state index contributed by atoms with van der Waals surface area (Å²) in [4.78, 5) is 30.8. The van der Waals surface area contributed by atoms with Crippen molar-refractivity contribution in [2.45, 2.75) is 53.2 Å². The molecule has 1 aromatic carbocycles. The van der Waals surface area contributed by atoms with E-state index in [2.05, 4.69) is 15.6 Å². The molecule has 0 aliphatic rings. The van der Waals surface area contributed by atoms with Gasteiger partial charge < -0.3 is 15.5 Å². The zero-order valence-corrected chi connectivity index (χ0v) is 17.7. The van der Waals surface area contributed by atoms with Crippen molar-refractivity contribution in [1.29, 1.82) is 0 Å². The molecule has 6 nitrogen and oxygen atoms in total. The molecule has 0 atom stereocenters. The molecule has 2 aromatic rings. The number of amides is 3. The van der Waals surface area contributed by atoms with Crippen LogP contribution in [0.3, 0.4) is 0 Å². The number of nitrogens with zero attached hydrogens (tertiary/aromatic N) is 2. The lowest BCUT2D eigenvalue weighted by molar-refractivity contribution is 0.0938. The maximum absolute atomic E-state index is 12.7. The van der Waals surface area contributed by atoms with Gasteiger partial charge in [0, 0.05) is 28.2 Å². The van der Waals surface area contributed by atoms with Gasteiger partial charge in [-0.25, -0.2) is 9.78 Å². The third-order valence-electron chi connectivity index (χ3n) is 3.82. The molecular formula is C19H25ClN4O2S. The van der Waals surface area contributed by atoms with Crippen molar-refractivity contribution in [3.63, 3.8) is 0 Å². The number of aromatic nitrogens is 1. The molecule has 0 bridgehead atoms. The SMILES string of the molecule is Cc1ccc(NC(=O)N(Cc2nc(C(=O)NC(C)C)cs2)C(C)C)cc1Cl. The molecule has 2 N–H and O–H groups in total. The molecule has 0 saturated heterocycles. The molecular weight excluding hydrogens is 384 g/mol. The normalized spacial score (nSPS) is 11.0. The quantitative estimate of drug-likeness (QED) is 0.728. The number of anilines is 1. The molecule has 1 heterocycles. The maximum atomic E-state index is 12.7. The van der Waals surface area contributed by atoms with Crippen LogP contribution in [0, 0.1) is 6.92 Å². The van der Waals surface area contributed by atoms with E-state index in [1.54, 1.807) is 16.3 Å². The van der Waals surface area contributed by atoms with Crippen molar-refractivity contribution in [3.05, 3.63) is 44.9 Å². The highest BCUT2D eigenvalue weighted by molar-refractivity contribution is 7.09. The van der Waals surface area contributed by atoms with Gasteiger partial charge in [0.05, 0.1) is 6.54 Å². The molecule has 0 spiro atoms. The van der Waals surface area contributed by atoms with E-state index in [1.165, 1.54) is 11.3 Å². The number of nitrogens with one attached hydrogen (secondary N) is 2. The van der Waals surface area contributed by atoms with Crippen LogP contribution in [0.4, 0.5) is 10.5 Å². The van der Waals surface area contributed by atoms with E-state index >= 15 is 0 Å². The fraction of sp³-hybridized carbons (Fsp3) is 0.421. The van der Waals surface area contributed by atoms with Gasteiger partial charge in [-0.3, -0.25) is 4.79 Å². The first-order valence-electron chi connectivity index (χ1n) is 8.76. The summed E-state index contributed by atoms with van der Waals surface area (Å²) < 4.78 is 0. The van der Waals surface area contributed by atoms with Crippen LogP contribution in [0.5, 0.6) is 0 Å². The summed E-state index contributed by atoms with van der Waals surface area (Å²) >= 11 is 7.49. The van der Waals surface area contributed by atoms with E-state index in [-0.39, 0.29) is 24.0 Å². The Balaban J connectivity index is 2.08. The molecule has 0 fully saturated rings. The first-order valence-corrected chi connectivity index (χ1v) is 10.0. The predicted molar refractivity (Wildman–Crippen MR) is 111 cm³/mol. The number of aryl methyl sites for hydroxylation is 1. The standard InChI is InChI=1S/C19H25ClN4O2S/c1-11(2)21-18(25)16-10-27-17(23-16)9-24(12(3)4)19(26)22-14-7-6-13(5)15(20)8-14/h6-8,10-12H,9H2,1-5H3,(H,21,25)(H,22,26). The third kappa shape index (κ3) is 5.94. The van der Waals surface area contributed by atoms with E-state index in [0.717, 1.165) is 5.56 Å². The summed E-state index contributed by atoms with van der Waals surface area (Å²) in [5.74, 6) is -0.206. The second-order valence-electron chi connectivity index (χ2n) is 6.87. The van der Waals surface area contributed by atoms with Crippen molar-refractivity contribution >= 4 is 40.6 Å². The summed E-state index contributed by atoms with van der Waals surface area (Å²) in [6.45, 7) is 9.89. The molecule has 146 valence electrons. The Hall–Kier alpha value is -2.12. The van der Waals surface area contributed by atoms with Crippen LogP contribution < -0.4 is 10.6 Å². The Morgan fingerprint density at radius 2 is 1.96 bits per heavy atom. The maximum Gasteiger partial charge on any atom is 0.322 e. The summed E-state index contributed by atoms with van der Waals surface area (Å²) in [6, 6.07) is 5.16. The molecule has 1 aromatic heterocycles. The molecule has 2 rings (SSSR count). The van der Waals surface area contributed by atoms with Crippen LogP contribution >= 0.6 is 22.9 Å². The molecule has 0 aliphatic heterocycles. The van der Waals surface area contributed by atoms with E-state index in [0.29, 0.717) is 28.0 Å². The fourth-order valence-corrected chi connectivity index (χ4v) is 3.28. The number of hydrogen-bond donors (Lipinski definition) is 2. The van der Waals surface area contributed by atoms with Crippen LogP contribution in [0.2, 0.25) is 5.02 Å². The van der Waals surface area contributed by atoms with E-state index in [9.17, 15) is 9.59 Å². The molecule has 0 unspecified atom stereocenters. The number of halogens is 1. The lowest BCUT2D eigenvalue weighted by Gasteiger charge is -2.26. The average molecular weight is 409 g/mol. The van der Waals surface area contributed by atoms with Gasteiger partial charge in [0.1, 0.15) is 10.7 Å². The van der Waals surface area contributed by atoms with Crippen LogP contribution in [0.25, 0.3) is 0 Å². The summed E-state index contributed by atoms with van der Waals surface area (Å²) in [6.07, 6.45) is 0. The number of hydrogen-bond acceptors (Lipinski definition) is 4. The van der Waals surface area contributed by atoms with Crippen LogP contribution in [0.15, 0.2) is 23.6 Å². The van der Waals surface area contributed by atoms with Crippen LogP contribution in [-0.4, -0.2) is 33.9 Å². The molecule has 27 heavy (non-hydrogen) atoms. The minimum atomic E-state index is -0.242. The molecule has 0 saturated carbocycles. The van der Waals surface area contributed by atoms with Crippen molar-refractivity contribution < 1.29 is 9.59 Å². The highest BCUT2D eigenvalue weighted by Crippen LogP contribution is 2.21. The zero-order chi connectivity index (χ0) is 20.1. The molecule has 8 heteroatoms. The van der Waals surface area contributed by atoms with Crippen LogP contribution in [0.1, 0.15) is 48.8 Å². The van der Waals surface area contributed by atoms with E-state index < -0.39 is 0 Å². The summed E-state index contributed by atoms with van der Waals surface area (Å²) in [5, 5.41) is 8.70. The topological polar surface area (TPSA) is 74.3 Å². The largest absolute Gasteiger partial charge is 0.349 e. The second kappa shape index (κ2) is 9.19. The minimum Gasteiger partial charge on any atom is -0.349 e. The van der Waals surface area contributed by atoms with Crippen molar-refractivity contribution in [2.75, 3.05) is 5.32 Å². The Morgan fingerprint density at radius 3 is 2.56 bits per heavy atom. The van der Waals surface area contributed by atoms with Gasteiger partial charge in [0.2, 0.25) is 0 Å². The zero-order valence-electron chi connectivity index (χ0n) is 16.2. The number of rotatable bonds is 6. The van der Waals surface area contributed by atoms with Crippen LogP contribution in [-0.2, 0) is 6.54 Å².